The molecule has 0 saturated carbocycles. The summed E-state index contributed by atoms with van der Waals surface area (Å²) in [5.41, 5.74) is 1.61. The van der Waals surface area contributed by atoms with Gasteiger partial charge in [-0.3, -0.25) is 9.59 Å². The van der Waals surface area contributed by atoms with E-state index in [2.05, 4.69) is 10.6 Å². The van der Waals surface area contributed by atoms with Gasteiger partial charge in [0, 0.05) is 36.4 Å². The van der Waals surface area contributed by atoms with E-state index in [9.17, 15) is 14.4 Å². The minimum atomic E-state index is -0.609. The summed E-state index contributed by atoms with van der Waals surface area (Å²) in [6.07, 6.45) is 1.41. The van der Waals surface area contributed by atoms with Gasteiger partial charge in [0.25, 0.3) is 0 Å². The molecule has 0 radical (unpaired) electrons. The van der Waals surface area contributed by atoms with Crippen LogP contribution in [0.1, 0.15) is 52.0 Å². The van der Waals surface area contributed by atoms with Crippen molar-refractivity contribution >= 4 is 35.1 Å². The average molecular weight is 513 g/mol. The van der Waals surface area contributed by atoms with Crippen molar-refractivity contribution in [1.29, 1.82) is 0 Å². The number of carbonyl (C=O) groups is 3. The van der Waals surface area contributed by atoms with Gasteiger partial charge >= 0.3 is 6.03 Å². The van der Waals surface area contributed by atoms with E-state index in [0.717, 1.165) is 12.0 Å². The van der Waals surface area contributed by atoms with Crippen molar-refractivity contribution in [2.75, 3.05) is 25.0 Å². The van der Waals surface area contributed by atoms with Gasteiger partial charge in [0.15, 0.2) is 0 Å². The van der Waals surface area contributed by atoms with Crippen molar-refractivity contribution < 1.29 is 14.4 Å². The normalized spacial score (nSPS) is 18.2. The highest BCUT2D eigenvalue weighted by atomic mass is 35.5. The lowest BCUT2D eigenvalue weighted by Gasteiger charge is -2.41. The topological polar surface area (TPSA) is 81.8 Å². The van der Waals surface area contributed by atoms with Crippen molar-refractivity contribution in [1.82, 2.24) is 15.1 Å². The Morgan fingerprint density at radius 1 is 1.00 bits per heavy atom. The molecule has 1 aliphatic rings. The fourth-order valence-corrected chi connectivity index (χ4v) is 4.71. The molecule has 0 aromatic heterocycles. The Hall–Kier alpha value is -3.06. The first-order valence-electron chi connectivity index (χ1n) is 12.7. The summed E-state index contributed by atoms with van der Waals surface area (Å²) in [7, 11) is 0. The Morgan fingerprint density at radius 3 is 2.25 bits per heavy atom. The van der Waals surface area contributed by atoms with Gasteiger partial charge in [-0.2, -0.15) is 0 Å². The Kier molecular flexibility index (Phi) is 9.76. The third-order valence-corrected chi connectivity index (χ3v) is 7.25. The zero-order chi connectivity index (χ0) is 26.2. The molecule has 0 bridgehead atoms. The molecular formula is C28H37ClN4O3. The predicted octanol–water partition coefficient (Wildman–Crippen LogP) is 5.13. The van der Waals surface area contributed by atoms with E-state index in [0.29, 0.717) is 36.8 Å². The Balaban J connectivity index is 1.65. The molecule has 2 aromatic rings. The molecule has 1 heterocycles. The number of hydrogen-bond donors (Lipinski definition) is 2. The molecule has 3 rings (SSSR count). The van der Waals surface area contributed by atoms with Gasteiger partial charge in [0.05, 0.1) is 5.92 Å². The lowest BCUT2D eigenvalue weighted by atomic mass is 9.92. The molecule has 1 aliphatic heterocycles. The number of piperazine rings is 1. The molecule has 1 fully saturated rings. The van der Waals surface area contributed by atoms with E-state index >= 15 is 0 Å². The van der Waals surface area contributed by atoms with Gasteiger partial charge in [-0.1, -0.05) is 69.1 Å². The van der Waals surface area contributed by atoms with E-state index in [1.807, 2.05) is 58.0 Å². The van der Waals surface area contributed by atoms with Crippen LogP contribution in [0.3, 0.4) is 0 Å². The highest BCUT2D eigenvalue weighted by Crippen LogP contribution is 2.22. The molecule has 4 atom stereocenters. The van der Waals surface area contributed by atoms with Gasteiger partial charge in [0.1, 0.15) is 6.04 Å². The number of benzene rings is 2. The SMILES string of the molecule is CCC(C(=O)NC(C(=O)N1CCN(C(=O)Nc2ccc(Cl)cc2)C(C)C1)C(C)CC)c1ccccc1. The van der Waals surface area contributed by atoms with Crippen LogP contribution in [0.4, 0.5) is 10.5 Å². The van der Waals surface area contributed by atoms with E-state index < -0.39 is 6.04 Å². The standard InChI is InChI=1S/C28H37ClN4O3/c1-5-19(3)25(31-26(34)24(6-2)21-10-8-7-9-11-21)27(35)32-16-17-33(20(4)18-32)28(36)30-23-14-12-22(29)13-15-23/h7-15,19-20,24-25H,5-6,16-18H2,1-4H3,(H,30,36)(H,31,34). The Morgan fingerprint density at radius 2 is 1.67 bits per heavy atom. The third-order valence-electron chi connectivity index (χ3n) is 7.00. The van der Waals surface area contributed by atoms with Crippen LogP contribution in [0, 0.1) is 5.92 Å². The van der Waals surface area contributed by atoms with Crippen LogP contribution in [0.25, 0.3) is 0 Å². The molecule has 2 N–H and O–H groups in total. The highest BCUT2D eigenvalue weighted by Gasteiger charge is 2.36. The van der Waals surface area contributed by atoms with Gasteiger partial charge in [-0.05, 0) is 49.1 Å². The number of amides is 4. The molecule has 0 aliphatic carbocycles. The maximum Gasteiger partial charge on any atom is 0.322 e. The summed E-state index contributed by atoms with van der Waals surface area (Å²) in [5, 5.41) is 6.56. The fraction of sp³-hybridized carbons (Fsp3) is 0.464. The van der Waals surface area contributed by atoms with E-state index in [1.165, 1.54) is 0 Å². The number of carbonyl (C=O) groups excluding carboxylic acids is 3. The average Bonchev–Trinajstić information content (AvgIpc) is 2.88. The Bertz CT molecular complexity index is 1030. The Labute approximate surface area is 219 Å². The second kappa shape index (κ2) is 12.8. The number of rotatable bonds is 8. The summed E-state index contributed by atoms with van der Waals surface area (Å²) >= 11 is 5.93. The van der Waals surface area contributed by atoms with Crippen molar-refractivity contribution in [2.45, 2.75) is 58.5 Å². The first-order chi connectivity index (χ1) is 17.2. The van der Waals surface area contributed by atoms with Crippen molar-refractivity contribution in [3.8, 4) is 0 Å². The van der Waals surface area contributed by atoms with Crippen LogP contribution in [0.15, 0.2) is 54.6 Å². The third kappa shape index (κ3) is 6.78. The predicted molar refractivity (Wildman–Crippen MR) is 144 cm³/mol. The summed E-state index contributed by atoms with van der Waals surface area (Å²) in [6.45, 7) is 9.16. The molecule has 36 heavy (non-hydrogen) atoms. The lowest BCUT2D eigenvalue weighted by molar-refractivity contribution is -0.140. The van der Waals surface area contributed by atoms with Gasteiger partial charge in [-0.15, -0.1) is 0 Å². The second-order valence-corrected chi connectivity index (χ2v) is 9.94. The van der Waals surface area contributed by atoms with Crippen LogP contribution in [-0.2, 0) is 9.59 Å². The van der Waals surface area contributed by atoms with Gasteiger partial charge < -0.3 is 20.4 Å². The molecule has 0 spiro atoms. The second-order valence-electron chi connectivity index (χ2n) is 9.51. The molecule has 2 aromatic carbocycles. The molecule has 4 amide bonds. The molecule has 8 heteroatoms. The zero-order valence-electron chi connectivity index (χ0n) is 21.5. The summed E-state index contributed by atoms with van der Waals surface area (Å²) in [5.74, 6) is -0.546. The molecule has 4 unspecified atom stereocenters. The van der Waals surface area contributed by atoms with Crippen molar-refractivity contribution in [3.63, 3.8) is 0 Å². The molecule has 7 nitrogen and oxygen atoms in total. The van der Waals surface area contributed by atoms with Crippen molar-refractivity contribution in [2.24, 2.45) is 5.92 Å². The monoisotopic (exact) mass is 512 g/mol. The number of urea groups is 1. The first kappa shape index (κ1) is 27.5. The highest BCUT2D eigenvalue weighted by molar-refractivity contribution is 6.30. The van der Waals surface area contributed by atoms with Crippen molar-refractivity contribution in [3.05, 3.63) is 65.2 Å². The van der Waals surface area contributed by atoms with Crippen LogP contribution < -0.4 is 10.6 Å². The summed E-state index contributed by atoms with van der Waals surface area (Å²) in [6, 6.07) is 15.6. The van der Waals surface area contributed by atoms with Gasteiger partial charge in [0.2, 0.25) is 11.8 Å². The molecule has 1 saturated heterocycles. The quantitative estimate of drug-likeness (QED) is 0.514. The number of halogens is 1. The van der Waals surface area contributed by atoms with Crippen LogP contribution in [0.2, 0.25) is 5.02 Å². The lowest BCUT2D eigenvalue weighted by Crippen LogP contribution is -2.60. The maximum absolute atomic E-state index is 13.6. The fourth-order valence-electron chi connectivity index (χ4n) is 4.58. The van der Waals surface area contributed by atoms with E-state index in [1.54, 1.807) is 34.1 Å². The molecule has 194 valence electrons. The maximum atomic E-state index is 13.6. The van der Waals surface area contributed by atoms with E-state index in [-0.39, 0.29) is 35.7 Å². The number of nitrogens with zero attached hydrogens (tertiary/aromatic N) is 2. The van der Waals surface area contributed by atoms with Crippen LogP contribution in [-0.4, -0.2) is 59.4 Å². The van der Waals surface area contributed by atoms with Crippen LogP contribution >= 0.6 is 11.6 Å². The first-order valence-corrected chi connectivity index (χ1v) is 13.1. The van der Waals surface area contributed by atoms with Gasteiger partial charge in [-0.25, -0.2) is 4.79 Å². The van der Waals surface area contributed by atoms with Crippen LogP contribution in [0.5, 0.6) is 0 Å². The number of nitrogens with one attached hydrogen (secondary N) is 2. The summed E-state index contributed by atoms with van der Waals surface area (Å²) in [4.78, 5) is 43.2. The zero-order valence-corrected chi connectivity index (χ0v) is 22.3. The summed E-state index contributed by atoms with van der Waals surface area (Å²) < 4.78 is 0. The smallest absolute Gasteiger partial charge is 0.322 e. The number of anilines is 1. The minimum Gasteiger partial charge on any atom is -0.344 e. The number of hydrogen-bond acceptors (Lipinski definition) is 3. The minimum absolute atomic E-state index is 0.0173. The van der Waals surface area contributed by atoms with E-state index in [4.69, 9.17) is 11.6 Å². The largest absolute Gasteiger partial charge is 0.344 e. The molecular weight excluding hydrogens is 476 g/mol.